The molecule has 2 saturated heterocycles. The maximum absolute atomic E-state index is 12.5. The minimum absolute atomic E-state index is 0.0442. The number of amides is 1. The van der Waals surface area contributed by atoms with Crippen molar-refractivity contribution in [1.82, 2.24) is 10.1 Å². The maximum atomic E-state index is 12.5. The van der Waals surface area contributed by atoms with E-state index in [1.165, 1.54) is 0 Å². The number of hydrogen-bond donors (Lipinski definition) is 2. The Balaban J connectivity index is 1.57. The van der Waals surface area contributed by atoms with Gasteiger partial charge in [0.15, 0.2) is 5.82 Å². The molecule has 0 bridgehead atoms. The molecule has 2 fully saturated rings. The number of ether oxygens (including phenoxy) is 1. The fourth-order valence-corrected chi connectivity index (χ4v) is 3.10. The Hall–Kier alpha value is -1.64. The van der Waals surface area contributed by atoms with E-state index in [4.69, 9.17) is 14.4 Å². The fraction of sp³-hybridized carbons (Fsp3) is 0.733. The predicted octanol–water partition coefficient (Wildman–Crippen LogP) is -0.283. The molecule has 0 aromatic carbocycles. The average molecular weight is 325 g/mol. The second-order valence-electron chi connectivity index (χ2n) is 6.03. The van der Waals surface area contributed by atoms with Crippen molar-refractivity contribution in [1.29, 1.82) is 0 Å². The van der Waals surface area contributed by atoms with Crippen LogP contribution in [0, 0.1) is 5.92 Å². The summed E-state index contributed by atoms with van der Waals surface area (Å²) in [5.41, 5.74) is 0. The Morgan fingerprint density at radius 2 is 2.00 bits per heavy atom. The van der Waals surface area contributed by atoms with Gasteiger partial charge in [-0.05, 0) is 18.8 Å². The van der Waals surface area contributed by atoms with E-state index >= 15 is 0 Å². The van der Waals surface area contributed by atoms with Gasteiger partial charge in [-0.25, -0.2) is 0 Å². The van der Waals surface area contributed by atoms with Crippen molar-refractivity contribution in [2.75, 3.05) is 50.9 Å². The zero-order valence-corrected chi connectivity index (χ0v) is 13.1. The zero-order chi connectivity index (χ0) is 16.2. The number of nitrogens with zero attached hydrogens (tertiary/aromatic N) is 3. The van der Waals surface area contributed by atoms with Gasteiger partial charge in [0.1, 0.15) is 0 Å². The van der Waals surface area contributed by atoms with Crippen LogP contribution in [0.3, 0.4) is 0 Å². The lowest BCUT2D eigenvalue weighted by Crippen LogP contribution is -2.41. The van der Waals surface area contributed by atoms with Crippen molar-refractivity contribution in [2.45, 2.75) is 18.9 Å². The van der Waals surface area contributed by atoms with Crippen LogP contribution in [0.2, 0.25) is 0 Å². The highest BCUT2D eigenvalue weighted by molar-refractivity contribution is 5.92. The topological polar surface area (TPSA) is 99.3 Å². The summed E-state index contributed by atoms with van der Waals surface area (Å²) in [6, 6.07) is 1.68. The summed E-state index contributed by atoms with van der Waals surface area (Å²) >= 11 is 0. The number of likely N-dealkylation sites (tertiary alicyclic amines) is 1. The van der Waals surface area contributed by atoms with Crippen molar-refractivity contribution >= 4 is 11.7 Å². The van der Waals surface area contributed by atoms with E-state index in [9.17, 15) is 9.90 Å². The molecule has 2 aliphatic heterocycles. The van der Waals surface area contributed by atoms with Gasteiger partial charge in [-0.1, -0.05) is 5.16 Å². The van der Waals surface area contributed by atoms with Gasteiger partial charge in [0.05, 0.1) is 25.9 Å². The van der Waals surface area contributed by atoms with Gasteiger partial charge in [-0.15, -0.1) is 0 Å². The Morgan fingerprint density at radius 1 is 1.30 bits per heavy atom. The Labute approximate surface area is 134 Å². The van der Waals surface area contributed by atoms with E-state index in [0.717, 1.165) is 13.1 Å². The highest BCUT2D eigenvalue weighted by atomic mass is 16.5. The first kappa shape index (κ1) is 16.2. The molecule has 1 aromatic heterocycles. The number of rotatable bonds is 4. The number of morpholine rings is 1. The van der Waals surface area contributed by atoms with Crippen molar-refractivity contribution in [2.24, 2.45) is 5.92 Å². The van der Waals surface area contributed by atoms with Crippen LogP contribution in [-0.2, 0) is 4.74 Å². The predicted molar refractivity (Wildman–Crippen MR) is 81.3 cm³/mol. The summed E-state index contributed by atoms with van der Waals surface area (Å²) in [7, 11) is 0. The molecular weight excluding hydrogens is 302 g/mol. The first-order chi connectivity index (χ1) is 11.2. The summed E-state index contributed by atoms with van der Waals surface area (Å²) in [4.78, 5) is 16.2. The minimum atomic E-state index is -0.703. The lowest BCUT2D eigenvalue weighted by Gasteiger charge is -2.33. The lowest BCUT2D eigenvalue weighted by molar-refractivity contribution is 0.0170. The average Bonchev–Trinajstić information content (AvgIpc) is 3.11. The van der Waals surface area contributed by atoms with Gasteiger partial charge in [0.25, 0.3) is 5.91 Å². The molecular formula is C15H23N3O5. The molecule has 0 radical (unpaired) electrons. The van der Waals surface area contributed by atoms with E-state index in [2.05, 4.69) is 5.16 Å². The lowest BCUT2D eigenvalue weighted by atomic mass is 9.91. The van der Waals surface area contributed by atoms with Crippen molar-refractivity contribution in [3.63, 3.8) is 0 Å². The second-order valence-corrected chi connectivity index (χ2v) is 6.03. The molecule has 0 saturated carbocycles. The van der Waals surface area contributed by atoms with Gasteiger partial charge in [0.2, 0.25) is 5.76 Å². The van der Waals surface area contributed by atoms with Crippen molar-refractivity contribution in [3.8, 4) is 0 Å². The normalized spacial score (nSPS) is 21.5. The van der Waals surface area contributed by atoms with Crippen LogP contribution in [0.5, 0.6) is 0 Å². The molecule has 8 heteroatoms. The van der Waals surface area contributed by atoms with Gasteiger partial charge in [-0.3, -0.25) is 4.79 Å². The molecule has 2 aliphatic rings. The summed E-state index contributed by atoms with van der Waals surface area (Å²) < 4.78 is 10.5. The third-order valence-corrected chi connectivity index (χ3v) is 4.60. The highest BCUT2D eigenvalue weighted by Crippen LogP contribution is 2.23. The molecule has 2 N–H and O–H groups in total. The van der Waals surface area contributed by atoms with E-state index < -0.39 is 6.10 Å². The molecule has 128 valence electrons. The summed E-state index contributed by atoms with van der Waals surface area (Å²) in [5.74, 6) is 0.784. The van der Waals surface area contributed by atoms with E-state index in [1.54, 1.807) is 11.0 Å². The number of hydrogen-bond acceptors (Lipinski definition) is 7. The zero-order valence-electron chi connectivity index (χ0n) is 13.1. The molecule has 1 amide bonds. The van der Waals surface area contributed by atoms with Gasteiger partial charge < -0.3 is 29.3 Å². The Kier molecular flexibility index (Phi) is 5.14. The first-order valence-corrected chi connectivity index (χ1v) is 8.06. The molecule has 0 spiro atoms. The third kappa shape index (κ3) is 3.65. The first-order valence-electron chi connectivity index (χ1n) is 8.06. The number of aliphatic hydroxyl groups is 2. The number of aromatic nitrogens is 1. The van der Waals surface area contributed by atoms with Gasteiger partial charge in [-0.2, -0.15) is 0 Å². The summed E-state index contributed by atoms with van der Waals surface area (Å²) in [6.45, 7) is 3.65. The third-order valence-electron chi connectivity index (χ3n) is 4.60. The van der Waals surface area contributed by atoms with Gasteiger partial charge in [0, 0.05) is 32.2 Å². The smallest absolute Gasteiger partial charge is 0.292 e. The molecule has 0 aliphatic carbocycles. The minimum Gasteiger partial charge on any atom is -0.394 e. The van der Waals surface area contributed by atoms with Crippen LogP contribution in [-0.4, -0.2) is 78.3 Å². The number of anilines is 1. The summed E-state index contributed by atoms with van der Waals surface area (Å²) in [5, 5.41) is 22.7. The quantitative estimate of drug-likeness (QED) is 0.785. The largest absolute Gasteiger partial charge is 0.394 e. The Bertz CT molecular complexity index is 521. The SMILES string of the molecule is O=C(c1cc(N2CCOCC2)no1)N1CCC(C(O)CO)CC1. The molecule has 8 nitrogen and oxygen atoms in total. The molecule has 1 atom stereocenters. The standard InChI is InChI=1S/C15H23N3O5/c19-10-12(20)11-1-3-18(4-2-11)15(21)13-9-14(16-23-13)17-5-7-22-8-6-17/h9,11-12,19-20H,1-8,10H2. The van der Waals surface area contributed by atoms with E-state index in [-0.39, 0.29) is 24.2 Å². The van der Waals surface area contributed by atoms with Crippen LogP contribution in [0.1, 0.15) is 23.4 Å². The van der Waals surface area contributed by atoms with Crippen molar-refractivity contribution in [3.05, 3.63) is 11.8 Å². The van der Waals surface area contributed by atoms with Gasteiger partial charge >= 0.3 is 0 Å². The molecule has 23 heavy (non-hydrogen) atoms. The number of carbonyl (C=O) groups is 1. The van der Waals surface area contributed by atoms with Crippen LogP contribution < -0.4 is 4.90 Å². The highest BCUT2D eigenvalue weighted by Gasteiger charge is 2.29. The van der Waals surface area contributed by atoms with Crippen molar-refractivity contribution < 1.29 is 24.3 Å². The van der Waals surface area contributed by atoms with Crippen LogP contribution in [0.15, 0.2) is 10.6 Å². The second kappa shape index (κ2) is 7.29. The van der Waals surface area contributed by atoms with Crippen LogP contribution >= 0.6 is 0 Å². The molecule has 1 unspecified atom stereocenters. The number of piperidine rings is 1. The Morgan fingerprint density at radius 3 is 2.65 bits per heavy atom. The monoisotopic (exact) mass is 325 g/mol. The molecule has 1 aromatic rings. The van der Waals surface area contributed by atoms with Crippen LogP contribution in [0.25, 0.3) is 0 Å². The summed E-state index contributed by atoms with van der Waals surface area (Å²) in [6.07, 6.45) is 0.654. The molecule has 3 heterocycles. The van der Waals surface area contributed by atoms with E-state index in [0.29, 0.717) is 45.0 Å². The number of carbonyl (C=O) groups excluding carboxylic acids is 1. The van der Waals surface area contributed by atoms with E-state index in [1.807, 2.05) is 4.90 Å². The number of aliphatic hydroxyl groups excluding tert-OH is 2. The maximum Gasteiger partial charge on any atom is 0.292 e. The molecule has 3 rings (SSSR count). The fourth-order valence-electron chi connectivity index (χ4n) is 3.10. The van der Waals surface area contributed by atoms with Crippen LogP contribution in [0.4, 0.5) is 5.82 Å².